The van der Waals surface area contributed by atoms with Gasteiger partial charge in [0.25, 0.3) is 0 Å². The predicted molar refractivity (Wildman–Crippen MR) is 63.0 cm³/mol. The monoisotopic (exact) mass is 242 g/mol. The fraction of sp³-hybridized carbons (Fsp3) is 0.417. The molecule has 1 atom stereocenters. The molecule has 16 heavy (non-hydrogen) atoms. The van der Waals surface area contributed by atoms with Crippen LogP contribution in [-0.4, -0.2) is 17.2 Å². The van der Waals surface area contributed by atoms with E-state index in [1.54, 1.807) is 24.3 Å². The molecule has 3 nitrogen and oxygen atoms in total. The standard InChI is InChI=1S/C12H15ClO3/c1-8(2)7-11(12(14)15)16-10-5-3-9(13)4-6-10/h3-6,8,11H,7H2,1-2H3,(H,14,15)/t11-/m0/s1. The predicted octanol–water partition coefficient (Wildman–Crippen LogP) is 3.22. The number of halogens is 1. The fourth-order valence-electron chi connectivity index (χ4n) is 1.30. The third kappa shape index (κ3) is 4.11. The molecule has 0 amide bonds. The van der Waals surface area contributed by atoms with Crippen molar-refractivity contribution in [2.24, 2.45) is 5.92 Å². The van der Waals surface area contributed by atoms with Crippen LogP contribution in [0, 0.1) is 5.92 Å². The molecule has 0 spiro atoms. The second-order valence-electron chi connectivity index (χ2n) is 4.03. The molecule has 0 aliphatic carbocycles. The molecule has 1 rings (SSSR count). The Bertz CT molecular complexity index is 346. The van der Waals surface area contributed by atoms with Crippen LogP contribution in [0.4, 0.5) is 0 Å². The minimum Gasteiger partial charge on any atom is -0.479 e. The molecule has 1 aromatic carbocycles. The molecule has 0 aromatic heterocycles. The smallest absolute Gasteiger partial charge is 0.344 e. The van der Waals surface area contributed by atoms with E-state index in [2.05, 4.69) is 0 Å². The average molecular weight is 243 g/mol. The fourth-order valence-corrected chi connectivity index (χ4v) is 1.43. The molecule has 88 valence electrons. The molecule has 0 unspecified atom stereocenters. The second kappa shape index (κ2) is 5.75. The zero-order valence-electron chi connectivity index (χ0n) is 9.31. The molecular formula is C12H15ClO3. The van der Waals surface area contributed by atoms with Gasteiger partial charge in [-0.15, -0.1) is 0 Å². The van der Waals surface area contributed by atoms with Crippen molar-refractivity contribution in [2.45, 2.75) is 26.4 Å². The summed E-state index contributed by atoms with van der Waals surface area (Å²) in [6, 6.07) is 6.67. The van der Waals surface area contributed by atoms with Gasteiger partial charge in [0.2, 0.25) is 0 Å². The van der Waals surface area contributed by atoms with Crippen molar-refractivity contribution < 1.29 is 14.6 Å². The SMILES string of the molecule is CC(C)C[C@H](Oc1ccc(Cl)cc1)C(=O)O. The minimum absolute atomic E-state index is 0.272. The van der Waals surface area contributed by atoms with Crippen LogP contribution in [0.3, 0.4) is 0 Å². The van der Waals surface area contributed by atoms with Crippen LogP contribution in [0.1, 0.15) is 20.3 Å². The van der Waals surface area contributed by atoms with Crippen molar-refractivity contribution in [3.05, 3.63) is 29.3 Å². The maximum absolute atomic E-state index is 11.0. The number of aliphatic carboxylic acids is 1. The summed E-state index contributed by atoms with van der Waals surface area (Å²) in [5.41, 5.74) is 0. The van der Waals surface area contributed by atoms with Crippen LogP contribution < -0.4 is 4.74 Å². The van der Waals surface area contributed by atoms with Gasteiger partial charge in [0.15, 0.2) is 6.10 Å². The summed E-state index contributed by atoms with van der Waals surface area (Å²) in [5.74, 6) is -0.144. The van der Waals surface area contributed by atoms with E-state index >= 15 is 0 Å². The van der Waals surface area contributed by atoms with Crippen molar-refractivity contribution in [1.82, 2.24) is 0 Å². The van der Waals surface area contributed by atoms with Gasteiger partial charge < -0.3 is 9.84 Å². The molecule has 0 aliphatic rings. The Labute approximate surface area is 100.0 Å². The molecule has 0 heterocycles. The Balaban J connectivity index is 2.68. The van der Waals surface area contributed by atoms with Gasteiger partial charge >= 0.3 is 5.97 Å². The van der Waals surface area contributed by atoms with Gasteiger partial charge in [-0.25, -0.2) is 4.79 Å². The summed E-state index contributed by atoms with van der Waals surface area (Å²) < 4.78 is 5.38. The highest BCUT2D eigenvalue weighted by Crippen LogP contribution is 2.19. The topological polar surface area (TPSA) is 46.5 Å². The lowest BCUT2D eigenvalue weighted by atomic mass is 10.1. The summed E-state index contributed by atoms with van der Waals surface area (Å²) in [6.07, 6.45) is -0.320. The van der Waals surface area contributed by atoms with E-state index in [0.29, 0.717) is 17.2 Å². The third-order valence-electron chi connectivity index (χ3n) is 2.05. The van der Waals surface area contributed by atoms with Crippen molar-refractivity contribution in [1.29, 1.82) is 0 Å². The van der Waals surface area contributed by atoms with Gasteiger partial charge in [0.1, 0.15) is 5.75 Å². The first-order valence-corrected chi connectivity index (χ1v) is 5.52. The Kier molecular flexibility index (Phi) is 4.62. The van der Waals surface area contributed by atoms with Crippen molar-refractivity contribution in [2.75, 3.05) is 0 Å². The van der Waals surface area contributed by atoms with Crippen LogP contribution in [0.25, 0.3) is 0 Å². The highest BCUT2D eigenvalue weighted by Gasteiger charge is 2.20. The Hall–Kier alpha value is -1.22. The minimum atomic E-state index is -0.941. The summed E-state index contributed by atoms with van der Waals surface area (Å²) in [6.45, 7) is 3.92. The third-order valence-corrected chi connectivity index (χ3v) is 2.30. The molecule has 0 bridgehead atoms. The molecule has 0 saturated heterocycles. The van der Waals surface area contributed by atoms with E-state index in [9.17, 15) is 4.79 Å². The van der Waals surface area contributed by atoms with Crippen molar-refractivity contribution in [3.8, 4) is 5.75 Å². The number of ether oxygens (including phenoxy) is 1. The van der Waals surface area contributed by atoms with E-state index < -0.39 is 12.1 Å². The van der Waals surface area contributed by atoms with E-state index in [4.69, 9.17) is 21.4 Å². The molecule has 0 aliphatic heterocycles. The van der Waals surface area contributed by atoms with Crippen LogP contribution in [0.2, 0.25) is 5.02 Å². The van der Waals surface area contributed by atoms with Gasteiger partial charge in [-0.05, 0) is 36.6 Å². The van der Waals surface area contributed by atoms with Gasteiger partial charge in [-0.3, -0.25) is 0 Å². The van der Waals surface area contributed by atoms with E-state index in [1.807, 2.05) is 13.8 Å². The number of benzene rings is 1. The Morgan fingerprint density at radius 2 is 1.94 bits per heavy atom. The number of carboxylic acids is 1. The largest absolute Gasteiger partial charge is 0.479 e. The summed E-state index contributed by atoms with van der Waals surface area (Å²) >= 11 is 5.72. The normalized spacial score (nSPS) is 12.5. The first-order valence-electron chi connectivity index (χ1n) is 5.14. The maximum atomic E-state index is 11.0. The highest BCUT2D eigenvalue weighted by molar-refractivity contribution is 6.30. The lowest BCUT2D eigenvalue weighted by Crippen LogP contribution is -2.28. The number of hydrogen-bond donors (Lipinski definition) is 1. The lowest BCUT2D eigenvalue weighted by Gasteiger charge is -2.16. The van der Waals surface area contributed by atoms with Crippen molar-refractivity contribution in [3.63, 3.8) is 0 Å². The van der Waals surface area contributed by atoms with Crippen LogP contribution in [-0.2, 0) is 4.79 Å². The van der Waals surface area contributed by atoms with E-state index in [0.717, 1.165) is 0 Å². The average Bonchev–Trinajstić information content (AvgIpc) is 2.19. The molecule has 1 N–H and O–H groups in total. The zero-order valence-corrected chi connectivity index (χ0v) is 10.1. The summed E-state index contributed by atoms with van der Waals surface area (Å²) in [5, 5.41) is 9.59. The van der Waals surface area contributed by atoms with E-state index in [-0.39, 0.29) is 5.92 Å². The summed E-state index contributed by atoms with van der Waals surface area (Å²) in [4.78, 5) is 11.0. The molecule has 0 radical (unpaired) electrons. The first-order chi connectivity index (χ1) is 7.49. The van der Waals surface area contributed by atoms with E-state index in [1.165, 1.54) is 0 Å². The number of hydrogen-bond acceptors (Lipinski definition) is 2. The quantitative estimate of drug-likeness (QED) is 0.862. The molecule has 1 aromatic rings. The van der Waals surface area contributed by atoms with Crippen LogP contribution in [0.5, 0.6) is 5.75 Å². The van der Waals surface area contributed by atoms with Gasteiger partial charge in [0.05, 0.1) is 0 Å². The lowest BCUT2D eigenvalue weighted by molar-refractivity contribution is -0.145. The molecule has 0 fully saturated rings. The summed E-state index contributed by atoms with van der Waals surface area (Å²) in [7, 11) is 0. The van der Waals surface area contributed by atoms with Crippen LogP contribution >= 0.6 is 11.6 Å². The number of carboxylic acid groups (broad SMARTS) is 1. The van der Waals surface area contributed by atoms with Crippen molar-refractivity contribution >= 4 is 17.6 Å². The second-order valence-corrected chi connectivity index (χ2v) is 4.46. The zero-order chi connectivity index (χ0) is 12.1. The molecule has 4 heteroatoms. The molecular weight excluding hydrogens is 228 g/mol. The Morgan fingerprint density at radius 3 is 2.38 bits per heavy atom. The highest BCUT2D eigenvalue weighted by atomic mass is 35.5. The molecule has 0 saturated carbocycles. The van der Waals surface area contributed by atoms with Gasteiger partial charge in [0, 0.05) is 5.02 Å². The van der Waals surface area contributed by atoms with Gasteiger partial charge in [-0.1, -0.05) is 25.4 Å². The Morgan fingerprint density at radius 1 is 1.38 bits per heavy atom. The van der Waals surface area contributed by atoms with Crippen LogP contribution in [0.15, 0.2) is 24.3 Å². The maximum Gasteiger partial charge on any atom is 0.344 e. The first kappa shape index (κ1) is 12.8. The van der Waals surface area contributed by atoms with Gasteiger partial charge in [-0.2, -0.15) is 0 Å². The number of rotatable bonds is 5. The number of carbonyl (C=O) groups is 1.